The van der Waals surface area contributed by atoms with E-state index in [1.165, 1.54) is 21.0 Å². The molecule has 7 heteroatoms. The smallest absolute Gasteiger partial charge is 0.303 e. The molecule has 5 unspecified atom stereocenters. The van der Waals surface area contributed by atoms with Crippen molar-refractivity contribution in [2.45, 2.75) is 58.2 Å². The standard InChI is InChI=1S/C14H24O7/c1-7(2)12-11(17)14(20-9(4)16)13(19-8(3)15)10(21-12)6-18-5/h7,10-14,17H,6H2,1-5H3. The first-order valence-corrected chi connectivity index (χ1v) is 6.94. The van der Waals surface area contributed by atoms with E-state index in [-0.39, 0.29) is 12.5 Å². The Hall–Kier alpha value is -1.18. The summed E-state index contributed by atoms with van der Waals surface area (Å²) in [6, 6.07) is 0. The van der Waals surface area contributed by atoms with Crippen LogP contribution in [0, 0.1) is 5.92 Å². The Kier molecular flexibility index (Phi) is 6.57. The zero-order valence-corrected chi connectivity index (χ0v) is 13.1. The van der Waals surface area contributed by atoms with Crippen molar-refractivity contribution in [2.75, 3.05) is 13.7 Å². The molecule has 1 N–H and O–H groups in total. The second-order valence-electron chi connectivity index (χ2n) is 5.48. The first kappa shape index (κ1) is 17.9. The minimum absolute atomic E-state index is 0.00399. The number of aliphatic hydroxyl groups excluding tert-OH is 1. The van der Waals surface area contributed by atoms with Gasteiger partial charge < -0.3 is 24.1 Å². The van der Waals surface area contributed by atoms with Gasteiger partial charge in [0.1, 0.15) is 12.2 Å². The summed E-state index contributed by atoms with van der Waals surface area (Å²) >= 11 is 0. The Labute approximate surface area is 124 Å². The monoisotopic (exact) mass is 304 g/mol. The highest BCUT2D eigenvalue weighted by molar-refractivity contribution is 5.67. The predicted octanol–water partition coefficient (Wildman–Crippen LogP) is 0.280. The van der Waals surface area contributed by atoms with E-state index in [2.05, 4.69) is 0 Å². The highest BCUT2D eigenvalue weighted by atomic mass is 16.6. The third kappa shape index (κ3) is 4.66. The SMILES string of the molecule is COCC1OC(C(C)C)C(O)C(OC(C)=O)C1OC(C)=O. The fraction of sp³-hybridized carbons (Fsp3) is 0.857. The van der Waals surface area contributed by atoms with E-state index < -0.39 is 42.5 Å². The van der Waals surface area contributed by atoms with Crippen LogP contribution in [-0.2, 0) is 28.5 Å². The number of hydrogen-bond acceptors (Lipinski definition) is 7. The van der Waals surface area contributed by atoms with E-state index in [9.17, 15) is 14.7 Å². The molecule has 0 aromatic carbocycles. The molecule has 122 valence electrons. The van der Waals surface area contributed by atoms with Crippen molar-refractivity contribution in [3.05, 3.63) is 0 Å². The second-order valence-corrected chi connectivity index (χ2v) is 5.48. The Morgan fingerprint density at radius 3 is 2.10 bits per heavy atom. The number of carbonyl (C=O) groups is 2. The third-order valence-corrected chi connectivity index (χ3v) is 3.29. The Bertz CT molecular complexity index is 368. The summed E-state index contributed by atoms with van der Waals surface area (Å²) in [5, 5.41) is 10.4. The molecule has 1 heterocycles. The second kappa shape index (κ2) is 7.72. The molecule has 21 heavy (non-hydrogen) atoms. The molecule has 0 bridgehead atoms. The van der Waals surface area contributed by atoms with Gasteiger partial charge in [0.15, 0.2) is 12.2 Å². The van der Waals surface area contributed by atoms with Gasteiger partial charge >= 0.3 is 11.9 Å². The van der Waals surface area contributed by atoms with Gasteiger partial charge in [0.05, 0.1) is 12.7 Å². The molecule has 7 nitrogen and oxygen atoms in total. The number of esters is 2. The van der Waals surface area contributed by atoms with Gasteiger partial charge in [0.2, 0.25) is 0 Å². The van der Waals surface area contributed by atoms with Gasteiger partial charge in [-0.2, -0.15) is 0 Å². The molecular weight excluding hydrogens is 280 g/mol. The molecule has 5 atom stereocenters. The molecule has 0 amide bonds. The number of carbonyl (C=O) groups excluding carboxylic acids is 2. The molecule has 1 saturated heterocycles. The minimum Gasteiger partial charge on any atom is -0.456 e. The van der Waals surface area contributed by atoms with Gasteiger partial charge in [-0.05, 0) is 5.92 Å². The van der Waals surface area contributed by atoms with Crippen LogP contribution in [0.25, 0.3) is 0 Å². The predicted molar refractivity (Wildman–Crippen MR) is 72.5 cm³/mol. The van der Waals surface area contributed by atoms with E-state index in [0.29, 0.717) is 0 Å². The number of rotatable bonds is 5. The molecule has 1 aliphatic rings. The van der Waals surface area contributed by atoms with Crippen LogP contribution in [-0.4, -0.2) is 61.3 Å². The molecule has 0 saturated carbocycles. The molecule has 1 aliphatic heterocycles. The summed E-state index contributed by atoms with van der Waals surface area (Å²) < 4.78 is 21.2. The van der Waals surface area contributed by atoms with Gasteiger partial charge in [-0.1, -0.05) is 13.8 Å². The zero-order valence-electron chi connectivity index (χ0n) is 13.1. The van der Waals surface area contributed by atoms with Crippen molar-refractivity contribution >= 4 is 11.9 Å². The van der Waals surface area contributed by atoms with Gasteiger partial charge in [-0.15, -0.1) is 0 Å². The van der Waals surface area contributed by atoms with Crippen LogP contribution >= 0.6 is 0 Å². The number of methoxy groups -OCH3 is 1. The molecule has 0 radical (unpaired) electrons. The first-order chi connectivity index (χ1) is 9.77. The van der Waals surface area contributed by atoms with Gasteiger partial charge in [0.25, 0.3) is 0 Å². The van der Waals surface area contributed by atoms with Crippen molar-refractivity contribution in [1.82, 2.24) is 0 Å². The highest BCUT2D eigenvalue weighted by Gasteiger charge is 2.49. The maximum Gasteiger partial charge on any atom is 0.303 e. The first-order valence-electron chi connectivity index (χ1n) is 6.94. The number of ether oxygens (including phenoxy) is 4. The van der Waals surface area contributed by atoms with E-state index in [1.807, 2.05) is 13.8 Å². The van der Waals surface area contributed by atoms with Gasteiger partial charge in [0, 0.05) is 21.0 Å². The Morgan fingerprint density at radius 1 is 1.14 bits per heavy atom. The average molecular weight is 304 g/mol. The van der Waals surface area contributed by atoms with Crippen molar-refractivity contribution in [2.24, 2.45) is 5.92 Å². The van der Waals surface area contributed by atoms with Crippen LogP contribution < -0.4 is 0 Å². The molecule has 0 aliphatic carbocycles. The quantitative estimate of drug-likeness (QED) is 0.729. The Balaban J connectivity index is 3.05. The lowest BCUT2D eigenvalue weighted by Crippen LogP contribution is -2.62. The van der Waals surface area contributed by atoms with Crippen molar-refractivity contribution in [3.63, 3.8) is 0 Å². The summed E-state index contributed by atoms with van der Waals surface area (Å²) in [6.07, 6.45) is -4.12. The lowest BCUT2D eigenvalue weighted by molar-refractivity contribution is -0.253. The van der Waals surface area contributed by atoms with Crippen LogP contribution in [0.5, 0.6) is 0 Å². The summed E-state index contributed by atoms with van der Waals surface area (Å²) in [5.74, 6) is -1.11. The summed E-state index contributed by atoms with van der Waals surface area (Å²) in [5.41, 5.74) is 0. The van der Waals surface area contributed by atoms with E-state index in [0.717, 1.165) is 0 Å². The maximum atomic E-state index is 11.3. The normalized spacial score (nSPS) is 32.8. The minimum atomic E-state index is -1.08. The van der Waals surface area contributed by atoms with Gasteiger partial charge in [-0.25, -0.2) is 0 Å². The fourth-order valence-corrected chi connectivity index (χ4v) is 2.47. The van der Waals surface area contributed by atoms with Crippen LogP contribution in [0.3, 0.4) is 0 Å². The summed E-state index contributed by atoms with van der Waals surface area (Å²) in [7, 11) is 1.49. The van der Waals surface area contributed by atoms with Crippen molar-refractivity contribution in [3.8, 4) is 0 Å². The van der Waals surface area contributed by atoms with Crippen LogP contribution in [0.2, 0.25) is 0 Å². The summed E-state index contributed by atoms with van der Waals surface area (Å²) in [4.78, 5) is 22.6. The molecule has 0 spiro atoms. The topological polar surface area (TPSA) is 91.3 Å². The lowest BCUT2D eigenvalue weighted by Gasteiger charge is -2.44. The zero-order chi connectivity index (χ0) is 16.2. The fourth-order valence-electron chi connectivity index (χ4n) is 2.47. The average Bonchev–Trinajstić information content (AvgIpc) is 2.35. The molecule has 0 aromatic rings. The van der Waals surface area contributed by atoms with Crippen molar-refractivity contribution in [1.29, 1.82) is 0 Å². The molecule has 0 aromatic heterocycles. The van der Waals surface area contributed by atoms with E-state index in [1.54, 1.807) is 0 Å². The number of hydrogen-bond donors (Lipinski definition) is 1. The van der Waals surface area contributed by atoms with Crippen LogP contribution in [0.15, 0.2) is 0 Å². The highest BCUT2D eigenvalue weighted by Crippen LogP contribution is 2.30. The Morgan fingerprint density at radius 2 is 1.67 bits per heavy atom. The van der Waals surface area contributed by atoms with E-state index in [4.69, 9.17) is 18.9 Å². The maximum absolute atomic E-state index is 11.3. The van der Waals surface area contributed by atoms with Crippen LogP contribution in [0.1, 0.15) is 27.7 Å². The largest absolute Gasteiger partial charge is 0.456 e. The van der Waals surface area contributed by atoms with E-state index >= 15 is 0 Å². The van der Waals surface area contributed by atoms with Crippen molar-refractivity contribution < 1.29 is 33.6 Å². The molecular formula is C14H24O7. The van der Waals surface area contributed by atoms with Crippen LogP contribution in [0.4, 0.5) is 0 Å². The summed E-state index contributed by atoms with van der Waals surface area (Å²) in [6.45, 7) is 6.41. The molecule has 1 fully saturated rings. The number of aliphatic hydroxyl groups is 1. The van der Waals surface area contributed by atoms with Gasteiger partial charge in [-0.3, -0.25) is 9.59 Å². The lowest BCUT2D eigenvalue weighted by atomic mass is 9.89. The third-order valence-electron chi connectivity index (χ3n) is 3.29. The molecule has 1 rings (SSSR count).